The Balaban J connectivity index is 2.01. The molecule has 118 valence electrons. The first kappa shape index (κ1) is 16.8. The van der Waals surface area contributed by atoms with Crippen LogP contribution in [0.15, 0.2) is 29.2 Å². The lowest BCUT2D eigenvalue weighted by Crippen LogP contribution is -2.26. The van der Waals surface area contributed by atoms with E-state index in [9.17, 15) is 13.2 Å². The number of rotatable bonds is 6. The summed E-state index contributed by atoms with van der Waals surface area (Å²) in [6.45, 7) is 5.62. The highest BCUT2D eigenvalue weighted by Crippen LogP contribution is 2.17. The van der Waals surface area contributed by atoms with Crippen LogP contribution in [0.3, 0.4) is 0 Å². The van der Waals surface area contributed by atoms with Gasteiger partial charge in [-0.05, 0) is 39.3 Å². The van der Waals surface area contributed by atoms with Crippen LogP contribution in [0.4, 0.5) is 0 Å². The van der Waals surface area contributed by atoms with Gasteiger partial charge >= 0.3 is 0 Å². The Labute approximate surface area is 134 Å². The van der Waals surface area contributed by atoms with Gasteiger partial charge in [-0.1, -0.05) is 12.1 Å². The van der Waals surface area contributed by atoms with Gasteiger partial charge in [0.1, 0.15) is 0 Å². The average Bonchev–Trinajstić information content (AvgIpc) is 2.77. The summed E-state index contributed by atoms with van der Waals surface area (Å²) in [5.74, 6) is -0.0899. The molecule has 22 heavy (non-hydrogen) atoms. The number of hydrogen-bond donors (Lipinski definition) is 1. The van der Waals surface area contributed by atoms with Gasteiger partial charge in [0.25, 0.3) is 0 Å². The number of carbonyl (C=O) groups excluding carboxylic acids is 1. The Morgan fingerprint density at radius 1 is 1.23 bits per heavy atom. The van der Waals surface area contributed by atoms with E-state index in [1.165, 1.54) is 31.2 Å². The highest BCUT2D eigenvalue weighted by atomic mass is 32.2. The van der Waals surface area contributed by atoms with Gasteiger partial charge < -0.3 is 0 Å². The number of nitrogens with zero attached hydrogens (tertiary/aromatic N) is 1. The zero-order valence-corrected chi connectivity index (χ0v) is 14.3. The van der Waals surface area contributed by atoms with Crippen molar-refractivity contribution in [2.24, 2.45) is 0 Å². The molecule has 0 bridgehead atoms. The summed E-state index contributed by atoms with van der Waals surface area (Å²) in [6, 6.07) is 5.93. The summed E-state index contributed by atoms with van der Waals surface area (Å²) in [5, 5.41) is 0.982. The predicted octanol–water partition coefficient (Wildman–Crippen LogP) is 2.48. The summed E-state index contributed by atoms with van der Waals surface area (Å²) >= 11 is 1.58. The molecule has 0 aliphatic carbocycles. The van der Waals surface area contributed by atoms with Crippen LogP contribution in [0.25, 0.3) is 0 Å². The van der Waals surface area contributed by atoms with Crippen LogP contribution < -0.4 is 4.72 Å². The van der Waals surface area contributed by atoms with Crippen LogP contribution in [0.2, 0.25) is 0 Å². The van der Waals surface area contributed by atoms with Crippen molar-refractivity contribution >= 4 is 27.1 Å². The highest BCUT2D eigenvalue weighted by molar-refractivity contribution is 7.89. The number of ketones is 1. The summed E-state index contributed by atoms with van der Waals surface area (Å²) in [6.07, 6.45) is 0.613. The Bertz CT molecular complexity index is 778. The second kappa shape index (κ2) is 6.68. The monoisotopic (exact) mass is 338 g/mol. The predicted molar refractivity (Wildman–Crippen MR) is 86.9 cm³/mol. The van der Waals surface area contributed by atoms with Gasteiger partial charge in [0.2, 0.25) is 10.0 Å². The van der Waals surface area contributed by atoms with E-state index in [0.717, 1.165) is 15.6 Å². The molecule has 1 aromatic carbocycles. The number of Topliss-reactive ketones (excluding diaryl/α,β-unsaturated/α-hetero) is 1. The van der Waals surface area contributed by atoms with Crippen molar-refractivity contribution in [1.29, 1.82) is 0 Å². The molecule has 0 atom stereocenters. The van der Waals surface area contributed by atoms with Gasteiger partial charge in [0.15, 0.2) is 5.78 Å². The lowest BCUT2D eigenvalue weighted by Gasteiger charge is -2.07. The van der Waals surface area contributed by atoms with Crippen LogP contribution in [-0.2, 0) is 16.4 Å². The van der Waals surface area contributed by atoms with E-state index in [0.29, 0.717) is 18.5 Å². The summed E-state index contributed by atoms with van der Waals surface area (Å²) in [4.78, 5) is 16.8. The molecule has 0 radical (unpaired) electrons. The van der Waals surface area contributed by atoms with E-state index in [4.69, 9.17) is 0 Å². The van der Waals surface area contributed by atoms with Crippen LogP contribution in [0, 0.1) is 13.8 Å². The largest absolute Gasteiger partial charge is 0.295 e. The minimum Gasteiger partial charge on any atom is -0.295 e. The molecule has 0 saturated carbocycles. The minimum absolute atomic E-state index is 0.0899. The molecule has 5 nitrogen and oxygen atoms in total. The van der Waals surface area contributed by atoms with Gasteiger partial charge in [-0.3, -0.25) is 4.79 Å². The van der Waals surface area contributed by atoms with E-state index in [-0.39, 0.29) is 10.7 Å². The van der Waals surface area contributed by atoms with Crippen molar-refractivity contribution in [2.75, 3.05) is 6.54 Å². The molecule has 7 heteroatoms. The standard InChI is InChI=1S/C15H18N2O3S2/c1-10-15(21-12(3)17-10)8-9-16-22(19,20)14-6-4-13(5-7-14)11(2)18/h4-7,16H,8-9H2,1-3H3. The maximum absolute atomic E-state index is 12.2. The maximum atomic E-state index is 12.2. The van der Waals surface area contributed by atoms with Gasteiger partial charge in [0, 0.05) is 17.0 Å². The highest BCUT2D eigenvalue weighted by Gasteiger charge is 2.14. The molecule has 0 spiro atoms. The van der Waals surface area contributed by atoms with Crippen LogP contribution in [0.1, 0.15) is 32.9 Å². The summed E-state index contributed by atoms with van der Waals surface area (Å²) in [5.41, 5.74) is 1.45. The molecule has 0 amide bonds. The Morgan fingerprint density at radius 3 is 2.36 bits per heavy atom. The minimum atomic E-state index is -3.56. The normalized spacial score (nSPS) is 11.6. The number of sulfonamides is 1. The quantitative estimate of drug-likeness (QED) is 0.821. The van der Waals surface area contributed by atoms with Crippen molar-refractivity contribution in [1.82, 2.24) is 9.71 Å². The van der Waals surface area contributed by atoms with Crippen LogP contribution in [-0.4, -0.2) is 25.7 Å². The number of aryl methyl sites for hydroxylation is 2. The second-order valence-electron chi connectivity index (χ2n) is 4.97. The topological polar surface area (TPSA) is 76.1 Å². The molecule has 1 N–H and O–H groups in total. The second-order valence-corrected chi connectivity index (χ2v) is 8.02. The Morgan fingerprint density at radius 2 is 1.86 bits per heavy atom. The first-order valence-corrected chi connectivity index (χ1v) is 9.13. The van der Waals surface area contributed by atoms with Crippen molar-refractivity contribution in [3.63, 3.8) is 0 Å². The van der Waals surface area contributed by atoms with E-state index in [1.807, 2.05) is 13.8 Å². The molecule has 1 heterocycles. The zero-order chi connectivity index (χ0) is 16.3. The zero-order valence-electron chi connectivity index (χ0n) is 12.7. The number of nitrogens with one attached hydrogen (secondary N) is 1. The number of carbonyl (C=O) groups is 1. The van der Waals surface area contributed by atoms with E-state index in [1.54, 1.807) is 11.3 Å². The summed E-state index contributed by atoms with van der Waals surface area (Å²) in [7, 11) is -3.56. The van der Waals surface area contributed by atoms with Gasteiger partial charge in [-0.2, -0.15) is 0 Å². The van der Waals surface area contributed by atoms with Crippen LogP contribution in [0.5, 0.6) is 0 Å². The Kier molecular flexibility index (Phi) is 5.10. The number of aromatic nitrogens is 1. The molecule has 2 rings (SSSR count). The first-order chi connectivity index (χ1) is 10.3. The molecular formula is C15H18N2O3S2. The van der Waals surface area contributed by atoms with Gasteiger partial charge in [0.05, 0.1) is 15.6 Å². The number of thiazole rings is 1. The smallest absolute Gasteiger partial charge is 0.240 e. The van der Waals surface area contributed by atoms with Crippen molar-refractivity contribution < 1.29 is 13.2 Å². The SMILES string of the molecule is CC(=O)c1ccc(S(=O)(=O)NCCc2sc(C)nc2C)cc1. The first-order valence-electron chi connectivity index (χ1n) is 6.83. The fourth-order valence-corrected chi connectivity index (χ4v) is 4.02. The van der Waals surface area contributed by atoms with E-state index < -0.39 is 10.0 Å². The molecule has 0 aliphatic rings. The average molecular weight is 338 g/mol. The molecule has 1 aromatic heterocycles. The van der Waals surface area contributed by atoms with Crippen molar-refractivity contribution in [2.45, 2.75) is 32.1 Å². The number of benzene rings is 1. The van der Waals surface area contributed by atoms with Gasteiger partial charge in [-0.25, -0.2) is 18.1 Å². The third-order valence-corrected chi connectivity index (χ3v) is 5.82. The third-order valence-electron chi connectivity index (χ3n) is 3.21. The van der Waals surface area contributed by atoms with Crippen LogP contribution >= 0.6 is 11.3 Å². The molecule has 0 aliphatic heterocycles. The maximum Gasteiger partial charge on any atom is 0.240 e. The molecule has 0 fully saturated rings. The van der Waals surface area contributed by atoms with Crippen molar-refractivity contribution in [3.8, 4) is 0 Å². The van der Waals surface area contributed by atoms with Gasteiger partial charge in [-0.15, -0.1) is 11.3 Å². The third kappa shape index (κ3) is 4.00. The Hall–Kier alpha value is -1.57. The van der Waals surface area contributed by atoms with Crippen molar-refractivity contribution in [3.05, 3.63) is 45.4 Å². The summed E-state index contributed by atoms with van der Waals surface area (Å²) < 4.78 is 26.9. The molecule has 2 aromatic rings. The fourth-order valence-electron chi connectivity index (χ4n) is 2.06. The molecule has 0 saturated heterocycles. The van der Waals surface area contributed by atoms with E-state index >= 15 is 0 Å². The number of hydrogen-bond acceptors (Lipinski definition) is 5. The lowest BCUT2D eigenvalue weighted by molar-refractivity contribution is 0.101. The fraction of sp³-hybridized carbons (Fsp3) is 0.333. The molecular weight excluding hydrogens is 320 g/mol. The molecule has 0 unspecified atom stereocenters. The van der Waals surface area contributed by atoms with E-state index in [2.05, 4.69) is 9.71 Å². The lowest BCUT2D eigenvalue weighted by atomic mass is 10.2.